The molecule has 0 radical (unpaired) electrons. The molecular weight excluding hydrogens is 466 g/mol. The summed E-state index contributed by atoms with van der Waals surface area (Å²) in [6, 6.07) is 11.4. The van der Waals surface area contributed by atoms with E-state index in [1.807, 2.05) is 0 Å². The number of ether oxygens (including phenoxy) is 3. The quantitative estimate of drug-likeness (QED) is 0.409. The Morgan fingerprint density at radius 1 is 1.15 bits per heavy atom. The van der Waals surface area contributed by atoms with Crippen LogP contribution in [0, 0.1) is 0 Å². The van der Waals surface area contributed by atoms with Gasteiger partial charge in [0.05, 0.1) is 18.6 Å². The summed E-state index contributed by atoms with van der Waals surface area (Å²) in [6.45, 7) is 1.89. The molecule has 0 atom stereocenters. The van der Waals surface area contributed by atoms with Crippen LogP contribution in [0.5, 0.6) is 17.2 Å². The molecule has 1 aliphatic heterocycles. The van der Waals surface area contributed by atoms with Crippen LogP contribution in [0.3, 0.4) is 0 Å². The maximum atomic E-state index is 12.8. The summed E-state index contributed by atoms with van der Waals surface area (Å²) in [6.07, 6.45) is 1.62. The molecule has 3 amide bonds. The van der Waals surface area contributed by atoms with Crippen LogP contribution in [0.4, 0.5) is 0 Å². The minimum atomic E-state index is -0.609. The molecule has 1 heterocycles. The molecule has 11 heteroatoms. The monoisotopic (exact) mass is 487 g/mol. The van der Waals surface area contributed by atoms with Gasteiger partial charge in [0.15, 0.2) is 22.4 Å². The number of carbonyl (C=O) groups is 3. The van der Waals surface area contributed by atoms with Crippen molar-refractivity contribution in [3.63, 3.8) is 0 Å². The average Bonchev–Trinajstić information content (AvgIpc) is 3.06. The van der Waals surface area contributed by atoms with Gasteiger partial charge < -0.3 is 19.9 Å². The summed E-state index contributed by atoms with van der Waals surface area (Å²) in [7, 11) is 1.53. The Hall–Kier alpha value is -3.57. The second-order valence-corrected chi connectivity index (χ2v) is 8.26. The van der Waals surface area contributed by atoms with Crippen LogP contribution in [0.1, 0.15) is 22.8 Å². The normalized spacial score (nSPS) is 14.4. The fourth-order valence-electron chi connectivity index (χ4n) is 2.77. The van der Waals surface area contributed by atoms with Crippen LogP contribution >= 0.6 is 24.0 Å². The van der Waals surface area contributed by atoms with E-state index in [0.29, 0.717) is 39.9 Å². The van der Waals surface area contributed by atoms with E-state index >= 15 is 0 Å². The Balaban J connectivity index is 1.76. The molecule has 0 aliphatic carbocycles. The first-order chi connectivity index (χ1) is 15.8. The van der Waals surface area contributed by atoms with Crippen molar-refractivity contribution in [2.75, 3.05) is 20.3 Å². The number of primary amides is 1. The first kappa shape index (κ1) is 24.1. The molecule has 172 valence electrons. The SMILES string of the molecule is CCOc1cc(/C=C2\SC(=S)N(NC(=O)c3ccc(OC)cc3)C2=O)ccc1OCC(N)=O. The molecule has 0 saturated carbocycles. The fourth-order valence-corrected chi connectivity index (χ4v) is 3.95. The summed E-state index contributed by atoms with van der Waals surface area (Å²) < 4.78 is 16.2. The van der Waals surface area contributed by atoms with E-state index in [2.05, 4.69) is 5.43 Å². The fraction of sp³-hybridized carbons (Fsp3) is 0.182. The first-order valence-corrected chi connectivity index (χ1v) is 11.0. The Labute approximate surface area is 199 Å². The maximum Gasteiger partial charge on any atom is 0.285 e. The summed E-state index contributed by atoms with van der Waals surface area (Å²) in [4.78, 5) is 36.7. The number of thioether (sulfide) groups is 1. The van der Waals surface area contributed by atoms with Gasteiger partial charge in [0, 0.05) is 5.56 Å². The van der Waals surface area contributed by atoms with Gasteiger partial charge in [-0.1, -0.05) is 17.8 Å². The number of rotatable bonds is 9. The second-order valence-electron chi connectivity index (χ2n) is 6.58. The number of nitrogens with zero attached hydrogens (tertiary/aromatic N) is 1. The third-order valence-electron chi connectivity index (χ3n) is 4.29. The zero-order valence-corrected chi connectivity index (χ0v) is 19.5. The summed E-state index contributed by atoms with van der Waals surface area (Å²) >= 11 is 6.33. The van der Waals surface area contributed by atoms with Crippen molar-refractivity contribution in [3.05, 3.63) is 58.5 Å². The van der Waals surface area contributed by atoms with E-state index in [4.69, 9.17) is 32.2 Å². The lowest BCUT2D eigenvalue weighted by atomic mass is 10.2. The van der Waals surface area contributed by atoms with Crippen LogP contribution in [-0.4, -0.2) is 47.4 Å². The number of hydrazine groups is 1. The highest BCUT2D eigenvalue weighted by Gasteiger charge is 2.33. The minimum Gasteiger partial charge on any atom is -0.497 e. The average molecular weight is 488 g/mol. The molecule has 2 aromatic carbocycles. The largest absolute Gasteiger partial charge is 0.497 e. The molecule has 9 nitrogen and oxygen atoms in total. The summed E-state index contributed by atoms with van der Waals surface area (Å²) in [5.41, 5.74) is 8.64. The van der Waals surface area contributed by atoms with Crippen molar-refractivity contribution < 1.29 is 28.6 Å². The molecular formula is C22H21N3O6S2. The molecule has 1 fully saturated rings. The van der Waals surface area contributed by atoms with E-state index in [1.165, 1.54) is 7.11 Å². The van der Waals surface area contributed by atoms with Crippen molar-refractivity contribution in [1.82, 2.24) is 10.4 Å². The number of methoxy groups -OCH3 is 1. The van der Waals surface area contributed by atoms with Gasteiger partial charge in [-0.05, 0) is 67.2 Å². The van der Waals surface area contributed by atoms with Gasteiger partial charge in [0.25, 0.3) is 17.7 Å². The molecule has 0 unspecified atom stereocenters. The lowest BCUT2D eigenvalue weighted by Crippen LogP contribution is -2.44. The van der Waals surface area contributed by atoms with Crippen LogP contribution in [0.25, 0.3) is 6.08 Å². The van der Waals surface area contributed by atoms with Gasteiger partial charge in [-0.2, -0.15) is 5.01 Å². The molecule has 0 bridgehead atoms. The smallest absolute Gasteiger partial charge is 0.285 e. The predicted octanol–water partition coefficient (Wildman–Crippen LogP) is 2.50. The summed E-state index contributed by atoms with van der Waals surface area (Å²) in [5, 5.41) is 1.03. The topological polar surface area (TPSA) is 120 Å². The van der Waals surface area contributed by atoms with Gasteiger partial charge in [0.1, 0.15) is 5.75 Å². The van der Waals surface area contributed by atoms with Gasteiger partial charge in [-0.3, -0.25) is 19.8 Å². The third-order valence-corrected chi connectivity index (χ3v) is 5.60. The van der Waals surface area contributed by atoms with E-state index in [-0.39, 0.29) is 10.9 Å². The van der Waals surface area contributed by atoms with Crippen molar-refractivity contribution >= 4 is 52.1 Å². The third kappa shape index (κ3) is 6.02. The molecule has 2 aromatic rings. The standard InChI is InChI=1S/C22H21N3O6S2/c1-3-30-17-10-13(4-9-16(17)31-12-19(23)26)11-18-21(28)25(22(32)33-18)24-20(27)14-5-7-15(29-2)8-6-14/h4-11H,3,12H2,1-2H3,(H2,23,26)(H,24,27)/b18-11-. The van der Waals surface area contributed by atoms with E-state index < -0.39 is 17.7 Å². The molecule has 0 spiro atoms. The van der Waals surface area contributed by atoms with Crippen LogP contribution in [0.2, 0.25) is 0 Å². The van der Waals surface area contributed by atoms with Crippen molar-refractivity contribution in [1.29, 1.82) is 0 Å². The highest BCUT2D eigenvalue weighted by atomic mass is 32.2. The number of thiocarbonyl (C=S) groups is 1. The van der Waals surface area contributed by atoms with Crippen LogP contribution < -0.4 is 25.4 Å². The molecule has 0 aromatic heterocycles. The highest BCUT2D eigenvalue weighted by Crippen LogP contribution is 2.34. The Morgan fingerprint density at radius 2 is 1.88 bits per heavy atom. The lowest BCUT2D eigenvalue weighted by Gasteiger charge is -2.15. The molecule has 1 aliphatic rings. The Kier molecular flexibility index (Phi) is 7.91. The highest BCUT2D eigenvalue weighted by molar-refractivity contribution is 8.26. The molecule has 3 N–H and O–H groups in total. The first-order valence-electron chi connectivity index (χ1n) is 9.73. The Morgan fingerprint density at radius 3 is 2.52 bits per heavy atom. The van der Waals surface area contributed by atoms with Gasteiger partial charge in [-0.25, -0.2) is 0 Å². The number of benzene rings is 2. The number of nitrogens with one attached hydrogen (secondary N) is 1. The summed E-state index contributed by atoms with van der Waals surface area (Å²) in [5.74, 6) is -0.189. The van der Waals surface area contributed by atoms with Crippen molar-refractivity contribution in [2.45, 2.75) is 6.92 Å². The number of hydrogen-bond acceptors (Lipinski definition) is 8. The zero-order valence-electron chi connectivity index (χ0n) is 17.8. The van der Waals surface area contributed by atoms with Gasteiger partial charge in [-0.15, -0.1) is 0 Å². The van der Waals surface area contributed by atoms with E-state index in [1.54, 1.807) is 55.5 Å². The lowest BCUT2D eigenvalue weighted by molar-refractivity contribution is -0.123. The van der Waals surface area contributed by atoms with Gasteiger partial charge in [0.2, 0.25) is 0 Å². The van der Waals surface area contributed by atoms with E-state index in [0.717, 1.165) is 16.8 Å². The molecule has 1 saturated heterocycles. The van der Waals surface area contributed by atoms with Crippen LogP contribution in [0.15, 0.2) is 47.4 Å². The number of hydrogen-bond donors (Lipinski definition) is 2. The number of carbonyl (C=O) groups excluding carboxylic acids is 3. The van der Waals surface area contributed by atoms with E-state index in [9.17, 15) is 14.4 Å². The van der Waals surface area contributed by atoms with Crippen molar-refractivity contribution in [3.8, 4) is 17.2 Å². The minimum absolute atomic E-state index is 0.194. The number of nitrogens with two attached hydrogens (primary N) is 1. The second kappa shape index (κ2) is 10.8. The van der Waals surface area contributed by atoms with Crippen molar-refractivity contribution in [2.24, 2.45) is 5.73 Å². The molecule has 3 rings (SSSR count). The molecule has 33 heavy (non-hydrogen) atoms. The van der Waals surface area contributed by atoms with Gasteiger partial charge >= 0.3 is 0 Å². The maximum absolute atomic E-state index is 12.8. The van der Waals surface area contributed by atoms with Crippen LogP contribution in [-0.2, 0) is 9.59 Å². The zero-order chi connectivity index (χ0) is 24.0. The Bertz CT molecular complexity index is 1120. The predicted molar refractivity (Wildman–Crippen MR) is 128 cm³/mol. The number of amides is 3.